The van der Waals surface area contributed by atoms with Crippen molar-refractivity contribution in [2.45, 2.75) is 13.0 Å². The van der Waals surface area contributed by atoms with Crippen molar-refractivity contribution in [3.05, 3.63) is 86.2 Å². The zero-order valence-corrected chi connectivity index (χ0v) is 18.6. The number of anilines is 1. The lowest BCUT2D eigenvalue weighted by atomic mass is 9.95. The molecule has 1 aliphatic heterocycles. The lowest BCUT2D eigenvalue weighted by Crippen LogP contribution is -2.29. The second-order valence-electron chi connectivity index (χ2n) is 7.16. The largest absolute Gasteiger partial charge is 0.507 e. The number of thiazole rings is 1. The SMILES string of the molecule is COC(=O)c1sc(N2C(=O)C(=O)C(=C(O)c3ccncc3)C2c2ccc([N+](=O)[O-])cc2)nc1C. The molecule has 0 aliphatic carbocycles. The van der Waals surface area contributed by atoms with E-state index >= 15 is 0 Å². The standard InChI is InChI=1S/C22H16N4O7S/c1-11-19(21(30)33-2)34-22(24-11)25-16(12-3-5-14(6-4-12)26(31)32)15(18(28)20(25)29)17(27)13-7-9-23-10-8-13/h3-10,16,27H,1-2H3. The summed E-state index contributed by atoms with van der Waals surface area (Å²) in [4.78, 5) is 58.2. The molecule has 1 atom stereocenters. The van der Waals surface area contributed by atoms with Gasteiger partial charge in [-0.1, -0.05) is 11.3 Å². The molecule has 0 bridgehead atoms. The molecule has 172 valence electrons. The highest BCUT2D eigenvalue weighted by Crippen LogP contribution is 2.44. The third-order valence-corrected chi connectivity index (χ3v) is 6.32. The summed E-state index contributed by atoms with van der Waals surface area (Å²) in [6.45, 7) is 1.56. The van der Waals surface area contributed by atoms with Crippen molar-refractivity contribution < 1.29 is 29.2 Å². The molecular weight excluding hydrogens is 464 g/mol. The molecule has 0 radical (unpaired) electrons. The van der Waals surface area contributed by atoms with Crippen LogP contribution >= 0.6 is 11.3 Å². The summed E-state index contributed by atoms with van der Waals surface area (Å²) in [5.74, 6) is -3.02. The van der Waals surface area contributed by atoms with Gasteiger partial charge in [-0.15, -0.1) is 0 Å². The third kappa shape index (κ3) is 3.79. The van der Waals surface area contributed by atoms with E-state index in [1.807, 2.05) is 0 Å². The minimum Gasteiger partial charge on any atom is -0.507 e. The summed E-state index contributed by atoms with van der Waals surface area (Å²) >= 11 is 0.856. The summed E-state index contributed by atoms with van der Waals surface area (Å²) in [6, 6.07) is 7.04. The van der Waals surface area contributed by atoms with Crippen molar-refractivity contribution in [1.29, 1.82) is 0 Å². The minimum atomic E-state index is -1.15. The number of nitro benzene ring substituents is 1. The number of hydrogen-bond acceptors (Lipinski definition) is 10. The molecule has 1 aromatic carbocycles. The van der Waals surface area contributed by atoms with Gasteiger partial charge in [-0.25, -0.2) is 9.78 Å². The molecule has 11 nitrogen and oxygen atoms in total. The maximum atomic E-state index is 13.1. The molecule has 1 aliphatic rings. The number of amides is 1. The first kappa shape index (κ1) is 22.7. The predicted molar refractivity (Wildman–Crippen MR) is 120 cm³/mol. The number of aliphatic hydroxyl groups excluding tert-OH is 1. The van der Waals surface area contributed by atoms with E-state index in [4.69, 9.17) is 4.74 Å². The molecule has 1 unspecified atom stereocenters. The van der Waals surface area contributed by atoms with E-state index in [1.165, 1.54) is 55.9 Å². The summed E-state index contributed by atoms with van der Waals surface area (Å²) in [5.41, 5.74) is 0.467. The summed E-state index contributed by atoms with van der Waals surface area (Å²) < 4.78 is 4.75. The predicted octanol–water partition coefficient (Wildman–Crippen LogP) is 3.17. The topological polar surface area (TPSA) is 153 Å². The Hall–Kier alpha value is -4.45. The molecule has 2 aromatic heterocycles. The number of ether oxygens (including phenoxy) is 1. The van der Waals surface area contributed by atoms with Crippen LogP contribution in [0, 0.1) is 17.0 Å². The molecule has 1 N–H and O–H groups in total. The van der Waals surface area contributed by atoms with Gasteiger partial charge in [0.25, 0.3) is 11.5 Å². The Morgan fingerprint density at radius 1 is 1.18 bits per heavy atom. The second kappa shape index (κ2) is 8.83. The normalized spacial score (nSPS) is 17.1. The molecular formula is C22H16N4O7S. The molecule has 1 amide bonds. The Morgan fingerprint density at radius 3 is 2.41 bits per heavy atom. The number of carbonyl (C=O) groups excluding carboxylic acids is 3. The van der Waals surface area contributed by atoms with Crippen LogP contribution in [0.4, 0.5) is 10.8 Å². The van der Waals surface area contributed by atoms with Crippen molar-refractivity contribution >= 4 is 45.6 Å². The fourth-order valence-electron chi connectivity index (χ4n) is 3.56. The Balaban J connectivity index is 1.93. The number of esters is 1. The fraction of sp³-hybridized carbons (Fsp3) is 0.136. The number of aryl methyl sites for hydroxylation is 1. The maximum absolute atomic E-state index is 13.1. The molecule has 12 heteroatoms. The fourth-order valence-corrected chi connectivity index (χ4v) is 4.57. The van der Waals surface area contributed by atoms with Crippen molar-refractivity contribution in [3.63, 3.8) is 0 Å². The van der Waals surface area contributed by atoms with Gasteiger partial charge in [-0.05, 0) is 36.8 Å². The van der Waals surface area contributed by atoms with E-state index in [9.17, 15) is 29.6 Å². The van der Waals surface area contributed by atoms with Crippen LogP contribution in [-0.4, -0.2) is 44.8 Å². The summed E-state index contributed by atoms with van der Waals surface area (Å²) in [5, 5.41) is 22.1. The van der Waals surface area contributed by atoms with E-state index < -0.39 is 34.4 Å². The molecule has 3 heterocycles. The van der Waals surface area contributed by atoms with Crippen LogP contribution in [0.15, 0.2) is 54.4 Å². The minimum absolute atomic E-state index is 0.0390. The highest BCUT2D eigenvalue weighted by atomic mass is 32.1. The molecule has 34 heavy (non-hydrogen) atoms. The zero-order valence-electron chi connectivity index (χ0n) is 17.8. The number of Topliss-reactive ketones (excluding diaryl/α,β-unsaturated/α-hetero) is 1. The zero-order chi connectivity index (χ0) is 24.6. The Morgan fingerprint density at radius 2 is 1.82 bits per heavy atom. The second-order valence-corrected chi connectivity index (χ2v) is 8.13. The van der Waals surface area contributed by atoms with Gasteiger partial charge in [-0.3, -0.25) is 29.6 Å². The molecule has 0 saturated carbocycles. The van der Waals surface area contributed by atoms with Crippen LogP contribution in [0.1, 0.15) is 32.5 Å². The summed E-state index contributed by atoms with van der Waals surface area (Å²) in [6.07, 6.45) is 2.83. The number of ketones is 1. The van der Waals surface area contributed by atoms with Crippen molar-refractivity contribution in [1.82, 2.24) is 9.97 Å². The van der Waals surface area contributed by atoms with Crippen LogP contribution in [0.2, 0.25) is 0 Å². The lowest BCUT2D eigenvalue weighted by Gasteiger charge is -2.22. The van der Waals surface area contributed by atoms with E-state index in [0.29, 0.717) is 11.3 Å². The average molecular weight is 480 g/mol. The number of nitrogens with zero attached hydrogens (tertiary/aromatic N) is 4. The van der Waals surface area contributed by atoms with Crippen LogP contribution < -0.4 is 4.90 Å². The summed E-state index contributed by atoms with van der Waals surface area (Å²) in [7, 11) is 1.21. The number of rotatable bonds is 5. The van der Waals surface area contributed by atoms with E-state index in [1.54, 1.807) is 6.92 Å². The number of pyridine rings is 1. The van der Waals surface area contributed by atoms with Crippen LogP contribution in [0.3, 0.4) is 0 Å². The van der Waals surface area contributed by atoms with Gasteiger partial charge >= 0.3 is 11.9 Å². The number of non-ortho nitro benzene ring substituents is 1. The van der Waals surface area contributed by atoms with Gasteiger partial charge in [0.1, 0.15) is 10.6 Å². The molecule has 0 spiro atoms. The number of nitro groups is 1. The number of benzene rings is 1. The highest BCUT2D eigenvalue weighted by molar-refractivity contribution is 7.17. The number of aromatic nitrogens is 2. The number of carbonyl (C=O) groups is 3. The highest BCUT2D eigenvalue weighted by Gasteiger charge is 2.48. The lowest BCUT2D eigenvalue weighted by molar-refractivity contribution is -0.384. The Kier molecular flexibility index (Phi) is 5.90. The monoisotopic (exact) mass is 480 g/mol. The molecule has 4 rings (SSSR count). The number of hydrogen-bond donors (Lipinski definition) is 1. The molecule has 3 aromatic rings. The van der Waals surface area contributed by atoms with Gasteiger partial charge in [0.2, 0.25) is 0 Å². The number of aliphatic hydroxyl groups is 1. The van der Waals surface area contributed by atoms with Gasteiger partial charge in [0.05, 0.1) is 29.3 Å². The van der Waals surface area contributed by atoms with Gasteiger partial charge in [0.15, 0.2) is 5.13 Å². The van der Waals surface area contributed by atoms with E-state index in [2.05, 4.69) is 9.97 Å². The maximum Gasteiger partial charge on any atom is 0.350 e. The molecule has 1 fully saturated rings. The first-order valence-corrected chi connectivity index (χ1v) is 10.6. The molecule has 1 saturated heterocycles. The first-order chi connectivity index (χ1) is 16.2. The smallest absolute Gasteiger partial charge is 0.350 e. The van der Waals surface area contributed by atoms with Crippen LogP contribution in [0.5, 0.6) is 0 Å². The Labute approximate surface area is 196 Å². The third-order valence-electron chi connectivity index (χ3n) is 5.18. The van der Waals surface area contributed by atoms with Crippen LogP contribution in [-0.2, 0) is 14.3 Å². The van der Waals surface area contributed by atoms with Crippen LogP contribution in [0.25, 0.3) is 5.76 Å². The average Bonchev–Trinajstić information content (AvgIpc) is 3.35. The first-order valence-electron chi connectivity index (χ1n) is 9.76. The quantitative estimate of drug-likeness (QED) is 0.145. The van der Waals surface area contributed by atoms with Crippen molar-refractivity contribution in [2.24, 2.45) is 0 Å². The van der Waals surface area contributed by atoms with E-state index in [0.717, 1.165) is 16.2 Å². The van der Waals surface area contributed by atoms with Gasteiger partial charge < -0.3 is 9.84 Å². The van der Waals surface area contributed by atoms with Crippen molar-refractivity contribution in [2.75, 3.05) is 12.0 Å². The number of methoxy groups -OCH3 is 1. The van der Waals surface area contributed by atoms with Gasteiger partial charge in [-0.2, -0.15) is 0 Å². The van der Waals surface area contributed by atoms with Crippen molar-refractivity contribution in [3.8, 4) is 0 Å². The van der Waals surface area contributed by atoms with Gasteiger partial charge in [0, 0.05) is 30.1 Å². The van der Waals surface area contributed by atoms with E-state index in [-0.39, 0.29) is 26.8 Å². The Bertz CT molecular complexity index is 1350.